The molecule has 1 rings (SSSR count). The number of alkyl halides is 1. The van der Waals surface area contributed by atoms with Crippen molar-refractivity contribution in [2.24, 2.45) is 0 Å². The van der Waals surface area contributed by atoms with Crippen LogP contribution in [-0.2, 0) is 19.1 Å². The molecule has 0 aromatic rings. The Balaban J connectivity index is 3.43. The lowest BCUT2D eigenvalue weighted by atomic mass is 9.74. The van der Waals surface area contributed by atoms with E-state index in [9.17, 15) is 29.7 Å². The average molecular weight is 295 g/mol. The van der Waals surface area contributed by atoms with Crippen LogP contribution in [0.1, 0.15) is 20.8 Å². The minimum Gasteiger partial charge on any atom is -0.382 e. The molecular formula is C11H15ClO7. The SMILES string of the molecule is CC(=O)C(O)[C@H]1O[C@H](Cl)[C@@](O)(C(C)=O)[C@@]1(O)C(C)=O. The summed E-state index contributed by atoms with van der Waals surface area (Å²) in [4.78, 5) is 34.4. The maximum Gasteiger partial charge on any atom is 0.201 e. The number of hydrogen-bond acceptors (Lipinski definition) is 7. The summed E-state index contributed by atoms with van der Waals surface area (Å²) < 4.78 is 4.89. The number of carbonyl (C=O) groups is 3. The fourth-order valence-corrected chi connectivity index (χ4v) is 2.56. The second kappa shape index (κ2) is 4.92. The first kappa shape index (κ1) is 16.2. The number of aliphatic hydroxyl groups excluding tert-OH is 1. The molecule has 1 aliphatic heterocycles. The summed E-state index contributed by atoms with van der Waals surface area (Å²) in [6.07, 6.45) is -3.72. The molecular weight excluding hydrogens is 280 g/mol. The van der Waals surface area contributed by atoms with Crippen LogP contribution < -0.4 is 0 Å². The van der Waals surface area contributed by atoms with Crippen molar-refractivity contribution in [2.45, 2.75) is 49.7 Å². The van der Waals surface area contributed by atoms with E-state index >= 15 is 0 Å². The topological polar surface area (TPSA) is 121 Å². The van der Waals surface area contributed by atoms with E-state index < -0.39 is 46.3 Å². The average Bonchev–Trinajstić information content (AvgIpc) is 2.51. The van der Waals surface area contributed by atoms with Crippen LogP contribution >= 0.6 is 11.6 Å². The van der Waals surface area contributed by atoms with E-state index in [1.54, 1.807) is 0 Å². The number of halogens is 1. The Bertz CT molecular complexity index is 437. The third kappa shape index (κ3) is 2.02. The maximum atomic E-state index is 11.6. The standard InChI is InChI=1S/C11H15ClO7/c1-4(13)7(16)8-10(17,5(2)14)11(18,6(3)15)9(12)19-8/h7-9,16-18H,1-3H3/t7?,8-,9+,10-,11+/m1/s1. The number of carbonyl (C=O) groups excluding carboxylic acids is 3. The van der Waals surface area contributed by atoms with Gasteiger partial charge >= 0.3 is 0 Å². The number of Topliss-reactive ketones (excluding diaryl/α,β-unsaturated/α-hetero) is 3. The molecule has 0 aromatic heterocycles. The third-order valence-corrected chi connectivity index (χ3v) is 3.78. The van der Waals surface area contributed by atoms with Gasteiger partial charge in [-0.1, -0.05) is 11.6 Å². The van der Waals surface area contributed by atoms with Gasteiger partial charge in [0.2, 0.25) is 5.60 Å². The highest BCUT2D eigenvalue weighted by Gasteiger charge is 2.72. The quantitative estimate of drug-likeness (QED) is 0.542. The van der Waals surface area contributed by atoms with Crippen molar-refractivity contribution >= 4 is 29.0 Å². The predicted octanol–water partition coefficient (Wildman–Crippen LogP) is -1.46. The Morgan fingerprint density at radius 2 is 1.53 bits per heavy atom. The van der Waals surface area contributed by atoms with Crippen LogP contribution in [0.3, 0.4) is 0 Å². The molecule has 1 aliphatic rings. The van der Waals surface area contributed by atoms with Crippen LogP contribution in [0.15, 0.2) is 0 Å². The molecule has 7 nitrogen and oxygen atoms in total. The highest BCUT2D eigenvalue weighted by molar-refractivity contribution is 6.24. The third-order valence-electron chi connectivity index (χ3n) is 3.36. The smallest absolute Gasteiger partial charge is 0.201 e. The van der Waals surface area contributed by atoms with Gasteiger partial charge in [-0.25, -0.2) is 0 Å². The summed E-state index contributed by atoms with van der Waals surface area (Å²) >= 11 is 5.66. The van der Waals surface area contributed by atoms with Gasteiger partial charge < -0.3 is 20.1 Å². The van der Waals surface area contributed by atoms with Crippen molar-refractivity contribution in [2.75, 3.05) is 0 Å². The number of aliphatic hydroxyl groups is 3. The molecule has 0 radical (unpaired) electrons. The van der Waals surface area contributed by atoms with E-state index in [0.717, 1.165) is 20.8 Å². The largest absolute Gasteiger partial charge is 0.382 e. The van der Waals surface area contributed by atoms with Crippen LogP contribution in [0.5, 0.6) is 0 Å². The Morgan fingerprint density at radius 1 is 1.11 bits per heavy atom. The molecule has 3 N–H and O–H groups in total. The van der Waals surface area contributed by atoms with Crippen molar-refractivity contribution in [1.29, 1.82) is 0 Å². The molecule has 0 spiro atoms. The summed E-state index contributed by atoms with van der Waals surface area (Å²) in [5.41, 5.74) is -7.30. The number of ether oxygens (including phenoxy) is 1. The molecule has 19 heavy (non-hydrogen) atoms. The van der Waals surface area contributed by atoms with Crippen LogP contribution in [0, 0.1) is 0 Å². The lowest BCUT2D eigenvalue weighted by Crippen LogP contribution is -2.68. The fraction of sp³-hybridized carbons (Fsp3) is 0.727. The van der Waals surface area contributed by atoms with Crippen LogP contribution in [0.25, 0.3) is 0 Å². The number of hydrogen-bond donors (Lipinski definition) is 3. The van der Waals surface area contributed by atoms with E-state index in [1.807, 2.05) is 0 Å². The minimum absolute atomic E-state index is 0.804. The van der Waals surface area contributed by atoms with Gasteiger partial charge in [-0.15, -0.1) is 0 Å². The highest BCUT2D eigenvalue weighted by atomic mass is 35.5. The van der Waals surface area contributed by atoms with Crippen molar-refractivity contribution in [3.05, 3.63) is 0 Å². The van der Waals surface area contributed by atoms with E-state index in [0.29, 0.717) is 0 Å². The Labute approximate surface area is 114 Å². The zero-order valence-electron chi connectivity index (χ0n) is 10.6. The molecule has 0 amide bonds. The molecule has 8 heteroatoms. The molecule has 108 valence electrons. The van der Waals surface area contributed by atoms with E-state index in [4.69, 9.17) is 16.3 Å². The van der Waals surface area contributed by atoms with E-state index in [1.165, 1.54) is 0 Å². The van der Waals surface area contributed by atoms with Crippen molar-refractivity contribution in [3.8, 4) is 0 Å². The van der Waals surface area contributed by atoms with Gasteiger partial charge in [0, 0.05) is 0 Å². The van der Waals surface area contributed by atoms with Gasteiger partial charge in [0.15, 0.2) is 28.5 Å². The molecule has 0 saturated carbocycles. The zero-order valence-corrected chi connectivity index (χ0v) is 11.3. The van der Waals surface area contributed by atoms with E-state index in [-0.39, 0.29) is 0 Å². The van der Waals surface area contributed by atoms with Crippen molar-refractivity contribution in [3.63, 3.8) is 0 Å². The first-order valence-corrected chi connectivity index (χ1v) is 5.89. The summed E-state index contributed by atoms with van der Waals surface area (Å²) in [5.74, 6) is -2.86. The molecule has 1 fully saturated rings. The van der Waals surface area contributed by atoms with Crippen molar-refractivity contribution < 1.29 is 34.4 Å². The van der Waals surface area contributed by atoms with Gasteiger partial charge in [0.05, 0.1) is 0 Å². The Kier molecular flexibility index (Phi) is 4.19. The molecule has 5 atom stereocenters. The molecule has 1 heterocycles. The minimum atomic E-state index is -2.80. The zero-order chi connectivity index (χ0) is 15.2. The Hall–Kier alpha value is -0.860. The highest BCUT2D eigenvalue weighted by Crippen LogP contribution is 2.44. The molecule has 0 aromatic carbocycles. The van der Waals surface area contributed by atoms with Crippen LogP contribution in [0.2, 0.25) is 0 Å². The second-order valence-electron chi connectivity index (χ2n) is 4.57. The Morgan fingerprint density at radius 3 is 1.84 bits per heavy atom. The second-order valence-corrected chi connectivity index (χ2v) is 4.97. The van der Waals surface area contributed by atoms with Crippen LogP contribution in [0.4, 0.5) is 0 Å². The lowest BCUT2D eigenvalue weighted by molar-refractivity contribution is -0.181. The summed E-state index contributed by atoms with van der Waals surface area (Å²) in [7, 11) is 0. The predicted molar refractivity (Wildman–Crippen MR) is 62.5 cm³/mol. The van der Waals surface area contributed by atoms with Crippen molar-refractivity contribution in [1.82, 2.24) is 0 Å². The first-order valence-electron chi connectivity index (χ1n) is 5.46. The monoisotopic (exact) mass is 294 g/mol. The van der Waals surface area contributed by atoms with Crippen LogP contribution in [-0.4, -0.2) is 61.6 Å². The fourth-order valence-electron chi connectivity index (χ4n) is 2.13. The van der Waals surface area contributed by atoms with E-state index in [2.05, 4.69) is 0 Å². The lowest BCUT2D eigenvalue weighted by Gasteiger charge is -2.36. The molecule has 1 saturated heterocycles. The van der Waals surface area contributed by atoms with Gasteiger partial charge in [-0.2, -0.15) is 0 Å². The van der Waals surface area contributed by atoms with Gasteiger partial charge in [-0.05, 0) is 20.8 Å². The van der Waals surface area contributed by atoms with Gasteiger partial charge in [0.25, 0.3) is 0 Å². The summed E-state index contributed by atoms with van der Waals surface area (Å²) in [5, 5.41) is 30.3. The summed E-state index contributed by atoms with van der Waals surface area (Å²) in [6.45, 7) is 2.81. The first-order chi connectivity index (χ1) is 8.51. The number of ketones is 3. The molecule has 1 unspecified atom stereocenters. The number of rotatable bonds is 4. The van der Waals surface area contributed by atoms with Gasteiger partial charge in [0.1, 0.15) is 12.2 Å². The molecule has 0 bridgehead atoms. The normalized spacial score (nSPS) is 39.9. The maximum absolute atomic E-state index is 11.6. The summed E-state index contributed by atoms with van der Waals surface area (Å²) in [6, 6.07) is 0. The molecule has 0 aliphatic carbocycles. The van der Waals surface area contributed by atoms with Gasteiger partial charge in [-0.3, -0.25) is 14.4 Å².